The number of aromatic nitrogens is 2. The number of rotatable bonds is 4. The van der Waals surface area contributed by atoms with E-state index in [1.807, 2.05) is 38.1 Å². The number of benzene rings is 1. The minimum absolute atomic E-state index is 0.444. The van der Waals surface area contributed by atoms with Gasteiger partial charge in [0.15, 0.2) is 0 Å². The number of nitrogens with two attached hydrogens (primary N) is 1. The number of imidazole rings is 1. The molecule has 2 rings (SSSR count). The van der Waals surface area contributed by atoms with Crippen LogP contribution in [0.2, 0.25) is 0 Å². The Labute approximate surface area is 101 Å². The fourth-order valence-corrected chi connectivity index (χ4v) is 1.77. The van der Waals surface area contributed by atoms with Crippen LogP contribution in [0.4, 0.5) is 0 Å². The van der Waals surface area contributed by atoms with E-state index in [4.69, 9.17) is 10.5 Å². The summed E-state index contributed by atoms with van der Waals surface area (Å²) in [5.41, 5.74) is 8.50. The zero-order valence-corrected chi connectivity index (χ0v) is 10.2. The number of nitrogens with one attached hydrogen (secondary N) is 1. The van der Waals surface area contributed by atoms with Gasteiger partial charge >= 0.3 is 0 Å². The summed E-state index contributed by atoms with van der Waals surface area (Å²) < 4.78 is 5.58. The van der Waals surface area contributed by atoms with Crippen molar-refractivity contribution in [3.8, 4) is 17.1 Å². The normalized spacial score (nSPS) is 10.5. The molecule has 0 amide bonds. The van der Waals surface area contributed by atoms with Gasteiger partial charge in [0.25, 0.3) is 0 Å². The largest absolute Gasteiger partial charge is 0.493 e. The van der Waals surface area contributed by atoms with E-state index in [0.29, 0.717) is 13.2 Å². The molecule has 0 saturated heterocycles. The molecule has 0 aliphatic rings. The first-order valence-electron chi connectivity index (χ1n) is 5.74. The Kier molecular flexibility index (Phi) is 3.44. The lowest BCUT2D eigenvalue weighted by molar-refractivity contribution is 0.341. The predicted molar refractivity (Wildman–Crippen MR) is 67.8 cm³/mol. The van der Waals surface area contributed by atoms with E-state index >= 15 is 0 Å². The zero-order chi connectivity index (χ0) is 12.3. The number of aromatic amines is 1. The van der Waals surface area contributed by atoms with Gasteiger partial charge in [-0.2, -0.15) is 0 Å². The number of aryl methyl sites for hydroxylation is 1. The monoisotopic (exact) mass is 231 g/mol. The first-order chi connectivity index (χ1) is 8.26. The van der Waals surface area contributed by atoms with Crippen LogP contribution >= 0.6 is 0 Å². The molecule has 0 atom stereocenters. The van der Waals surface area contributed by atoms with Crippen molar-refractivity contribution in [2.75, 3.05) is 6.61 Å². The predicted octanol–water partition coefficient (Wildman–Crippen LogP) is 2.24. The van der Waals surface area contributed by atoms with Crippen LogP contribution in [0.5, 0.6) is 5.75 Å². The molecule has 1 aromatic heterocycles. The Morgan fingerprint density at radius 2 is 2.12 bits per heavy atom. The molecule has 4 heteroatoms. The quantitative estimate of drug-likeness (QED) is 0.848. The lowest BCUT2D eigenvalue weighted by Gasteiger charge is -2.07. The zero-order valence-electron chi connectivity index (χ0n) is 10.2. The Balaban J connectivity index is 2.44. The van der Waals surface area contributed by atoms with E-state index in [1.165, 1.54) is 0 Å². The fourth-order valence-electron chi connectivity index (χ4n) is 1.77. The molecule has 0 bridgehead atoms. The maximum Gasteiger partial charge on any atom is 0.141 e. The highest BCUT2D eigenvalue weighted by molar-refractivity contribution is 5.64. The second-order valence-corrected chi connectivity index (χ2v) is 3.79. The first-order valence-corrected chi connectivity index (χ1v) is 5.74. The second-order valence-electron chi connectivity index (χ2n) is 3.79. The second kappa shape index (κ2) is 5.01. The fraction of sp³-hybridized carbons (Fsp3) is 0.308. The summed E-state index contributed by atoms with van der Waals surface area (Å²) in [6, 6.07) is 7.86. The van der Waals surface area contributed by atoms with Crippen molar-refractivity contribution in [2.45, 2.75) is 20.4 Å². The molecule has 1 aromatic carbocycles. The highest BCUT2D eigenvalue weighted by Crippen LogP contribution is 2.28. The van der Waals surface area contributed by atoms with E-state index < -0.39 is 0 Å². The Morgan fingerprint density at radius 3 is 2.76 bits per heavy atom. The molecule has 3 N–H and O–H groups in total. The number of hydrogen-bond donors (Lipinski definition) is 2. The third-order valence-electron chi connectivity index (χ3n) is 2.62. The topological polar surface area (TPSA) is 63.9 Å². The van der Waals surface area contributed by atoms with Crippen molar-refractivity contribution in [1.82, 2.24) is 9.97 Å². The smallest absolute Gasteiger partial charge is 0.141 e. The minimum atomic E-state index is 0.444. The van der Waals surface area contributed by atoms with Gasteiger partial charge in [-0.15, -0.1) is 0 Å². The molecule has 0 radical (unpaired) electrons. The van der Waals surface area contributed by atoms with Crippen LogP contribution in [-0.2, 0) is 6.54 Å². The number of nitrogens with zero attached hydrogens (tertiary/aromatic N) is 1. The van der Waals surface area contributed by atoms with Gasteiger partial charge < -0.3 is 15.5 Å². The number of ether oxygens (including phenoxy) is 1. The van der Waals surface area contributed by atoms with Gasteiger partial charge in [-0.25, -0.2) is 4.98 Å². The van der Waals surface area contributed by atoms with Crippen LogP contribution < -0.4 is 10.5 Å². The molecule has 1 heterocycles. The molecule has 0 aliphatic carbocycles. The highest BCUT2D eigenvalue weighted by Gasteiger charge is 2.11. The van der Waals surface area contributed by atoms with E-state index in [2.05, 4.69) is 9.97 Å². The highest BCUT2D eigenvalue weighted by atomic mass is 16.5. The molecule has 0 unspecified atom stereocenters. The summed E-state index contributed by atoms with van der Waals surface area (Å²) >= 11 is 0. The molecule has 0 spiro atoms. The van der Waals surface area contributed by atoms with Crippen LogP contribution in [-0.4, -0.2) is 16.6 Å². The van der Waals surface area contributed by atoms with E-state index in [-0.39, 0.29) is 0 Å². The minimum Gasteiger partial charge on any atom is -0.493 e. The molecule has 17 heavy (non-hydrogen) atoms. The Bertz CT molecular complexity index is 505. The van der Waals surface area contributed by atoms with Crippen molar-refractivity contribution in [2.24, 2.45) is 5.73 Å². The number of H-pyrrole nitrogens is 1. The van der Waals surface area contributed by atoms with Gasteiger partial charge in [-0.05, 0) is 26.0 Å². The van der Waals surface area contributed by atoms with Crippen molar-refractivity contribution >= 4 is 0 Å². The lowest BCUT2D eigenvalue weighted by Crippen LogP contribution is -1.98. The summed E-state index contributed by atoms with van der Waals surface area (Å²) in [5.74, 6) is 1.65. The first kappa shape index (κ1) is 11.7. The third-order valence-corrected chi connectivity index (χ3v) is 2.62. The summed E-state index contributed by atoms with van der Waals surface area (Å²) in [7, 11) is 0. The van der Waals surface area contributed by atoms with E-state index in [9.17, 15) is 0 Å². The average Bonchev–Trinajstić information content (AvgIpc) is 2.71. The molecule has 0 aliphatic heterocycles. The van der Waals surface area contributed by atoms with E-state index in [0.717, 1.165) is 28.5 Å². The number of para-hydroxylation sites is 1. The standard InChI is InChI=1S/C13H17N3O/c1-3-17-12-7-5-4-6-10(12)13-15-9(2)11(8-14)16-13/h4-7H,3,8,14H2,1-2H3,(H,15,16). The van der Waals surface area contributed by atoms with Crippen LogP contribution in [0.3, 0.4) is 0 Å². The van der Waals surface area contributed by atoms with Crippen molar-refractivity contribution < 1.29 is 4.74 Å². The summed E-state index contributed by atoms with van der Waals surface area (Å²) in [6.45, 7) is 5.02. The molecule has 90 valence electrons. The molecule has 0 fully saturated rings. The van der Waals surface area contributed by atoms with Gasteiger partial charge in [0.2, 0.25) is 0 Å². The summed E-state index contributed by atoms with van der Waals surface area (Å²) in [6.07, 6.45) is 0. The van der Waals surface area contributed by atoms with Crippen LogP contribution in [0.25, 0.3) is 11.4 Å². The van der Waals surface area contributed by atoms with Crippen molar-refractivity contribution in [3.05, 3.63) is 35.7 Å². The third kappa shape index (κ3) is 2.31. The molecular weight excluding hydrogens is 214 g/mol. The van der Waals surface area contributed by atoms with Gasteiger partial charge in [-0.1, -0.05) is 12.1 Å². The van der Waals surface area contributed by atoms with Crippen molar-refractivity contribution in [1.29, 1.82) is 0 Å². The summed E-state index contributed by atoms with van der Waals surface area (Å²) in [4.78, 5) is 7.72. The van der Waals surface area contributed by atoms with Crippen molar-refractivity contribution in [3.63, 3.8) is 0 Å². The van der Waals surface area contributed by atoms with Gasteiger partial charge in [0.1, 0.15) is 11.6 Å². The van der Waals surface area contributed by atoms with Gasteiger partial charge in [-0.3, -0.25) is 0 Å². The average molecular weight is 231 g/mol. The molecule has 4 nitrogen and oxygen atoms in total. The molecule has 2 aromatic rings. The van der Waals surface area contributed by atoms with E-state index in [1.54, 1.807) is 0 Å². The van der Waals surface area contributed by atoms with Crippen LogP contribution in [0.1, 0.15) is 18.3 Å². The van der Waals surface area contributed by atoms with Crippen LogP contribution in [0, 0.1) is 6.92 Å². The Hall–Kier alpha value is -1.81. The maximum atomic E-state index is 5.63. The lowest BCUT2D eigenvalue weighted by atomic mass is 10.2. The summed E-state index contributed by atoms with van der Waals surface area (Å²) in [5, 5.41) is 0. The maximum absolute atomic E-state index is 5.63. The SMILES string of the molecule is CCOc1ccccc1-c1nc(CN)c(C)[nH]1. The van der Waals surface area contributed by atoms with Gasteiger partial charge in [0, 0.05) is 12.2 Å². The van der Waals surface area contributed by atoms with Gasteiger partial charge in [0.05, 0.1) is 17.9 Å². The van der Waals surface area contributed by atoms with Crippen LogP contribution in [0.15, 0.2) is 24.3 Å². The molecular formula is C13H17N3O. The molecule has 0 saturated carbocycles. The number of hydrogen-bond acceptors (Lipinski definition) is 3. The Morgan fingerprint density at radius 1 is 1.35 bits per heavy atom.